The van der Waals surface area contributed by atoms with Crippen LogP contribution in [0.2, 0.25) is 0 Å². The van der Waals surface area contributed by atoms with Gasteiger partial charge >= 0.3 is 11.7 Å². The number of nitrogens with one attached hydrogen (secondary N) is 2. The lowest BCUT2D eigenvalue weighted by Crippen LogP contribution is -2.32. The Morgan fingerprint density at radius 3 is 2.43 bits per heavy atom. The van der Waals surface area contributed by atoms with Crippen LogP contribution in [0.1, 0.15) is 24.1 Å². The monoisotopic (exact) mass is 405 g/mol. The van der Waals surface area contributed by atoms with E-state index in [1.165, 1.54) is 18.5 Å². The number of para-hydroxylation sites is 3. The predicted molar refractivity (Wildman–Crippen MR) is 120 cm³/mol. The van der Waals surface area contributed by atoms with E-state index >= 15 is 0 Å². The van der Waals surface area contributed by atoms with Gasteiger partial charge in [0.2, 0.25) is 0 Å². The predicted octanol–water partition coefficient (Wildman–Crippen LogP) is 3.74. The molecule has 3 aromatic rings. The summed E-state index contributed by atoms with van der Waals surface area (Å²) in [6.45, 7) is 4.47. The van der Waals surface area contributed by atoms with Gasteiger partial charge in [-0.2, -0.15) is 0 Å². The number of urea groups is 1. The number of carbonyl (C=O) groups excluding carboxylic acids is 1. The number of hydrogen-bond donors (Lipinski definition) is 2. The Morgan fingerprint density at radius 1 is 1.07 bits per heavy atom. The first-order valence-electron chi connectivity index (χ1n) is 10.3. The Morgan fingerprint density at radius 2 is 1.73 bits per heavy atom. The van der Waals surface area contributed by atoms with Gasteiger partial charge in [0.15, 0.2) is 0 Å². The van der Waals surface area contributed by atoms with Crippen LogP contribution < -0.4 is 15.9 Å². The van der Waals surface area contributed by atoms with Gasteiger partial charge in [0, 0.05) is 44.3 Å². The molecule has 1 aromatic heterocycles. The van der Waals surface area contributed by atoms with Crippen LogP contribution in [0.5, 0.6) is 0 Å². The van der Waals surface area contributed by atoms with E-state index in [1.54, 1.807) is 28.8 Å². The normalized spacial score (nSPS) is 13.5. The maximum atomic E-state index is 12.9. The van der Waals surface area contributed by atoms with E-state index in [-0.39, 0.29) is 11.7 Å². The standard InChI is InChI=1S/C23H27N5O2/c1-17-15-24-22(29)28(17)21-12-6-4-10-19(21)25-23(30)26(2)16-18-9-3-5-11-20(18)27-13-7-8-14-27/h3-6,9-12,15H,7-8,13-14,16H2,1-2H3,(H,24,29)(H,25,30). The number of anilines is 2. The van der Waals surface area contributed by atoms with Crippen LogP contribution in [-0.2, 0) is 6.54 Å². The first-order valence-corrected chi connectivity index (χ1v) is 10.3. The fourth-order valence-corrected chi connectivity index (χ4v) is 3.98. The highest BCUT2D eigenvalue weighted by atomic mass is 16.2. The van der Waals surface area contributed by atoms with Gasteiger partial charge in [-0.05, 0) is 43.5 Å². The summed E-state index contributed by atoms with van der Waals surface area (Å²) in [6, 6.07) is 15.4. The van der Waals surface area contributed by atoms with E-state index in [4.69, 9.17) is 0 Å². The minimum atomic E-state index is -0.234. The van der Waals surface area contributed by atoms with Crippen molar-refractivity contribution in [3.05, 3.63) is 76.5 Å². The molecule has 2 aromatic carbocycles. The summed E-state index contributed by atoms with van der Waals surface area (Å²) in [4.78, 5) is 31.9. The molecule has 4 rings (SSSR count). The first-order chi connectivity index (χ1) is 14.5. The van der Waals surface area contributed by atoms with Gasteiger partial charge in [-0.1, -0.05) is 30.3 Å². The lowest BCUT2D eigenvalue weighted by Gasteiger charge is -2.25. The molecule has 1 aliphatic rings. The third-order valence-electron chi connectivity index (χ3n) is 5.54. The molecule has 2 N–H and O–H groups in total. The van der Waals surface area contributed by atoms with Gasteiger partial charge in [0.25, 0.3) is 0 Å². The number of rotatable bonds is 5. The summed E-state index contributed by atoms with van der Waals surface area (Å²) in [5.74, 6) is 0. The molecule has 0 aliphatic carbocycles. The number of imidazole rings is 1. The molecule has 0 unspecified atom stereocenters. The zero-order chi connectivity index (χ0) is 21.1. The SMILES string of the molecule is Cc1c[nH]c(=O)n1-c1ccccc1NC(=O)N(C)Cc1ccccc1N1CCCC1. The van der Waals surface area contributed by atoms with Gasteiger partial charge in [-0.3, -0.25) is 4.57 Å². The molecular formula is C23H27N5O2. The minimum Gasteiger partial charge on any atom is -0.371 e. The highest BCUT2D eigenvalue weighted by Gasteiger charge is 2.19. The minimum absolute atomic E-state index is 0.222. The molecule has 0 bridgehead atoms. The first kappa shape index (κ1) is 19.8. The van der Waals surface area contributed by atoms with Gasteiger partial charge < -0.3 is 20.1 Å². The van der Waals surface area contributed by atoms with Crippen molar-refractivity contribution in [1.29, 1.82) is 0 Å². The number of hydrogen-bond acceptors (Lipinski definition) is 3. The average molecular weight is 406 g/mol. The third kappa shape index (κ3) is 3.96. The van der Waals surface area contributed by atoms with Crippen LogP contribution in [0.3, 0.4) is 0 Å². The summed E-state index contributed by atoms with van der Waals surface area (Å²) in [5.41, 5.74) is 4.09. The smallest absolute Gasteiger partial charge is 0.330 e. The highest BCUT2D eigenvalue weighted by Crippen LogP contribution is 2.26. The van der Waals surface area contributed by atoms with Crippen molar-refractivity contribution in [2.75, 3.05) is 30.4 Å². The largest absolute Gasteiger partial charge is 0.371 e. The Kier molecular flexibility index (Phi) is 5.61. The van der Waals surface area contributed by atoms with Crippen LogP contribution in [0, 0.1) is 6.92 Å². The zero-order valence-corrected chi connectivity index (χ0v) is 17.4. The molecule has 7 heteroatoms. The summed E-state index contributed by atoms with van der Waals surface area (Å²) >= 11 is 0. The van der Waals surface area contributed by atoms with Crippen molar-refractivity contribution >= 4 is 17.4 Å². The molecule has 1 fully saturated rings. The maximum Gasteiger partial charge on any atom is 0.330 e. The number of benzene rings is 2. The van der Waals surface area contributed by atoms with Crippen LogP contribution >= 0.6 is 0 Å². The molecule has 2 amide bonds. The fraction of sp³-hybridized carbons (Fsp3) is 0.304. The lowest BCUT2D eigenvalue weighted by molar-refractivity contribution is 0.220. The van der Waals surface area contributed by atoms with Crippen molar-refractivity contribution in [2.45, 2.75) is 26.3 Å². The topological polar surface area (TPSA) is 73.4 Å². The molecule has 1 aliphatic heterocycles. The number of nitrogens with zero attached hydrogens (tertiary/aromatic N) is 3. The molecule has 30 heavy (non-hydrogen) atoms. The average Bonchev–Trinajstić information content (AvgIpc) is 3.39. The number of aryl methyl sites for hydroxylation is 1. The molecule has 0 atom stereocenters. The van der Waals surface area contributed by atoms with Crippen LogP contribution in [0.15, 0.2) is 59.5 Å². The van der Waals surface area contributed by atoms with Crippen molar-refractivity contribution in [1.82, 2.24) is 14.5 Å². The van der Waals surface area contributed by atoms with Crippen molar-refractivity contribution in [3.8, 4) is 5.69 Å². The van der Waals surface area contributed by atoms with E-state index in [1.807, 2.05) is 37.3 Å². The van der Waals surface area contributed by atoms with Gasteiger partial charge in [-0.15, -0.1) is 0 Å². The Labute approximate surface area is 175 Å². The van der Waals surface area contributed by atoms with Crippen LogP contribution in [-0.4, -0.2) is 40.6 Å². The van der Waals surface area contributed by atoms with Gasteiger partial charge in [0.05, 0.1) is 11.4 Å². The third-order valence-corrected chi connectivity index (χ3v) is 5.54. The quantitative estimate of drug-likeness (QED) is 0.679. The molecule has 0 saturated carbocycles. The molecule has 2 heterocycles. The number of H-pyrrole nitrogens is 1. The van der Waals surface area contributed by atoms with Crippen LogP contribution in [0.25, 0.3) is 5.69 Å². The van der Waals surface area contributed by atoms with E-state index in [0.717, 1.165) is 24.3 Å². The van der Waals surface area contributed by atoms with Gasteiger partial charge in [-0.25, -0.2) is 9.59 Å². The fourth-order valence-electron chi connectivity index (χ4n) is 3.98. The second-order valence-corrected chi connectivity index (χ2v) is 7.70. The van der Waals surface area contributed by atoms with Crippen molar-refractivity contribution in [3.63, 3.8) is 0 Å². The Hall–Kier alpha value is -3.48. The molecular weight excluding hydrogens is 378 g/mol. The summed E-state index contributed by atoms with van der Waals surface area (Å²) < 4.78 is 1.55. The van der Waals surface area contributed by atoms with Crippen LogP contribution in [0.4, 0.5) is 16.2 Å². The molecule has 7 nitrogen and oxygen atoms in total. The van der Waals surface area contributed by atoms with Crippen molar-refractivity contribution < 1.29 is 4.79 Å². The second-order valence-electron chi connectivity index (χ2n) is 7.70. The molecule has 1 saturated heterocycles. The molecule has 156 valence electrons. The number of aromatic amines is 1. The summed E-state index contributed by atoms with van der Waals surface area (Å²) in [7, 11) is 1.78. The summed E-state index contributed by atoms with van der Waals surface area (Å²) in [6.07, 6.45) is 4.07. The number of aromatic nitrogens is 2. The highest BCUT2D eigenvalue weighted by molar-refractivity contribution is 5.91. The van der Waals surface area contributed by atoms with E-state index in [2.05, 4.69) is 27.3 Å². The zero-order valence-electron chi connectivity index (χ0n) is 17.4. The summed E-state index contributed by atoms with van der Waals surface area (Å²) in [5, 5.41) is 2.96. The second kappa shape index (κ2) is 8.49. The van der Waals surface area contributed by atoms with Crippen molar-refractivity contribution in [2.24, 2.45) is 0 Å². The van der Waals surface area contributed by atoms with E-state index < -0.39 is 0 Å². The van der Waals surface area contributed by atoms with E-state index in [0.29, 0.717) is 17.9 Å². The number of amides is 2. The van der Waals surface area contributed by atoms with E-state index in [9.17, 15) is 9.59 Å². The molecule has 0 radical (unpaired) electrons. The lowest BCUT2D eigenvalue weighted by atomic mass is 10.1. The number of carbonyl (C=O) groups is 1. The molecule has 0 spiro atoms. The van der Waals surface area contributed by atoms with Gasteiger partial charge in [0.1, 0.15) is 0 Å². The Balaban J connectivity index is 1.53. The maximum absolute atomic E-state index is 12.9. The Bertz CT molecular complexity index is 1090.